The van der Waals surface area contributed by atoms with E-state index in [2.05, 4.69) is 0 Å². The molecular weight excluding hydrogens is 520 g/mol. The quantitative estimate of drug-likeness (QED) is 0.111. The van der Waals surface area contributed by atoms with E-state index in [1.807, 2.05) is 0 Å². The lowest BCUT2D eigenvalue weighted by Gasteiger charge is -2.43. The summed E-state index contributed by atoms with van der Waals surface area (Å²) in [5.41, 5.74) is 0.760. The zero-order valence-electron chi connectivity index (χ0n) is 21.3. The number of aliphatic hydroxyl groups excluding tert-OH is 4. The second kappa shape index (κ2) is 13.8. The molecule has 0 amide bonds. The minimum atomic E-state index is -1.67. The smallest absolute Gasteiger partial charge is 0.333 e. The monoisotopic (exact) mass is 554 g/mol. The first-order valence-electron chi connectivity index (χ1n) is 12.5. The largest absolute Gasteiger partial charge is 0.504 e. The number of methoxy groups -OCH3 is 1. The third-order valence-electron chi connectivity index (χ3n) is 6.99. The molecule has 0 aromatic heterocycles. The van der Waals surface area contributed by atoms with Crippen molar-refractivity contribution in [2.45, 2.75) is 62.5 Å². The predicted molar refractivity (Wildman–Crippen MR) is 130 cm³/mol. The van der Waals surface area contributed by atoms with E-state index < -0.39 is 67.2 Å². The Morgan fingerprint density at radius 3 is 2.49 bits per heavy atom. The van der Waals surface area contributed by atoms with Gasteiger partial charge < -0.3 is 54.4 Å². The lowest BCUT2D eigenvalue weighted by molar-refractivity contribution is -0.315. The molecule has 0 bridgehead atoms. The van der Waals surface area contributed by atoms with Crippen molar-refractivity contribution >= 4 is 18.2 Å². The van der Waals surface area contributed by atoms with Crippen LogP contribution >= 0.6 is 0 Å². The molecule has 1 unspecified atom stereocenters. The first kappa shape index (κ1) is 30.5. The second-order valence-corrected chi connectivity index (χ2v) is 9.43. The highest BCUT2D eigenvalue weighted by Crippen LogP contribution is 2.39. The topological polar surface area (TPSA) is 210 Å². The standard InChI is InChI=1S/C26H34O13/c1-36-25(35)15-3-5-19(38-26-24(34)23(33)22(32)20(12-28)39-26)14(6-8-27)16(15)11-21(31)37-9-7-13-2-4-17(29)18(30)10-13/h2-4,8,10,14,16,19-20,22-24,26,28-30,32-34H,5-7,9,11-12H2,1H3/t14?,16-,19+,20+,22+,23-,24+,26+/m0/s1. The fourth-order valence-corrected chi connectivity index (χ4v) is 4.85. The van der Waals surface area contributed by atoms with Crippen molar-refractivity contribution in [3.05, 3.63) is 35.4 Å². The van der Waals surface area contributed by atoms with E-state index in [0.29, 0.717) is 11.8 Å². The van der Waals surface area contributed by atoms with Crippen LogP contribution in [0.4, 0.5) is 0 Å². The van der Waals surface area contributed by atoms with Crippen LogP contribution in [0.15, 0.2) is 29.8 Å². The van der Waals surface area contributed by atoms with Gasteiger partial charge in [0, 0.05) is 24.3 Å². The molecule has 13 heteroatoms. The molecule has 13 nitrogen and oxygen atoms in total. The van der Waals surface area contributed by atoms with E-state index >= 15 is 0 Å². The SMILES string of the molecule is COC(=O)C1=CC[C@@H](O[C@@H]2O[C@H](CO)[C@@H](O)[C@H](O)[C@H]2O)C(CC=O)[C@@H]1CC(=O)OCCc1ccc(O)c(O)c1. The third kappa shape index (κ3) is 7.32. The average Bonchev–Trinajstić information content (AvgIpc) is 2.92. The van der Waals surface area contributed by atoms with Gasteiger partial charge in [-0.1, -0.05) is 12.1 Å². The molecule has 1 aliphatic heterocycles. The molecule has 1 heterocycles. The maximum Gasteiger partial charge on any atom is 0.333 e. The number of hydrogen-bond acceptors (Lipinski definition) is 13. The van der Waals surface area contributed by atoms with Crippen LogP contribution in [0.25, 0.3) is 0 Å². The highest BCUT2D eigenvalue weighted by Gasteiger charge is 2.47. The molecule has 1 aromatic carbocycles. The molecular formula is C26H34O13. The van der Waals surface area contributed by atoms with Gasteiger partial charge in [0.1, 0.15) is 30.7 Å². The van der Waals surface area contributed by atoms with Crippen LogP contribution in [-0.2, 0) is 39.8 Å². The fraction of sp³-hybridized carbons (Fsp3) is 0.577. The number of phenols is 2. The number of phenolic OH excluding ortho intramolecular Hbond substituents is 2. The molecule has 216 valence electrons. The highest BCUT2D eigenvalue weighted by atomic mass is 16.7. The van der Waals surface area contributed by atoms with Crippen molar-refractivity contribution in [2.24, 2.45) is 11.8 Å². The van der Waals surface area contributed by atoms with E-state index in [-0.39, 0.29) is 49.4 Å². The molecule has 8 atom stereocenters. The van der Waals surface area contributed by atoms with Crippen molar-refractivity contribution in [2.75, 3.05) is 20.3 Å². The van der Waals surface area contributed by atoms with Gasteiger partial charge in [0.2, 0.25) is 0 Å². The molecule has 39 heavy (non-hydrogen) atoms. The van der Waals surface area contributed by atoms with Gasteiger partial charge in [-0.2, -0.15) is 0 Å². The van der Waals surface area contributed by atoms with Crippen molar-refractivity contribution in [3.63, 3.8) is 0 Å². The van der Waals surface area contributed by atoms with Crippen LogP contribution < -0.4 is 0 Å². The Balaban J connectivity index is 1.73. The lowest BCUT2D eigenvalue weighted by Crippen LogP contribution is -2.60. The normalized spacial score (nSPS) is 30.7. The van der Waals surface area contributed by atoms with E-state index in [0.717, 1.165) is 0 Å². The number of aromatic hydroxyl groups is 2. The molecule has 3 rings (SSSR count). The van der Waals surface area contributed by atoms with Crippen LogP contribution in [0, 0.1) is 11.8 Å². The Kier molecular flexibility index (Phi) is 10.8. The van der Waals surface area contributed by atoms with Crippen LogP contribution in [0.3, 0.4) is 0 Å². The van der Waals surface area contributed by atoms with Gasteiger partial charge in [-0.15, -0.1) is 0 Å². The maximum atomic E-state index is 12.8. The molecule has 6 N–H and O–H groups in total. The van der Waals surface area contributed by atoms with Crippen molar-refractivity contribution in [1.29, 1.82) is 0 Å². The lowest BCUT2D eigenvalue weighted by atomic mass is 9.73. The Morgan fingerprint density at radius 1 is 1.10 bits per heavy atom. The van der Waals surface area contributed by atoms with Crippen LogP contribution in [0.5, 0.6) is 11.5 Å². The Hall–Kier alpha value is -3.07. The summed E-state index contributed by atoms with van der Waals surface area (Å²) in [6.07, 6.45) is -6.49. The van der Waals surface area contributed by atoms with Gasteiger partial charge in [-0.25, -0.2) is 4.79 Å². The number of hydrogen-bond donors (Lipinski definition) is 6. The molecule has 1 aliphatic carbocycles. The van der Waals surface area contributed by atoms with Crippen LogP contribution in [-0.4, -0.2) is 106 Å². The fourth-order valence-electron chi connectivity index (χ4n) is 4.85. The summed E-state index contributed by atoms with van der Waals surface area (Å²) >= 11 is 0. The molecule has 1 aromatic rings. The Morgan fingerprint density at radius 2 is 1.85 bits per heavy atom. The number of ether oxygens (including phenoxy) is 4. The summed E-state index contributed by atoms with van der Waals surface area (Å²) in [7, 11) is 1.18. The Labute approximate surface area is 224 Å². The molecule has 2 aliphatic rings. The van der Waals surface area contributed by atoms with Gasteiger partial charge in [0.05, 0.1) is 32.8 Å². The summed E-state index contributed by atoms with van der Waals surface area (Å²) in [5, 5.41) is 59.0. The Bertz CT molecular complexity index is 1040. The minimum absolute atomic E-state index is 0.0593. The molecule has 0 spiro atoms. The van der Waals surface area contributed by atoms with Gasteiger partial charge >= 0.3 is 11.9 Å². The molecule has 1 fully saturated rings. The zero-order valence-corrected chi connectivity index (χ0v) is 21.3. The summed E-state index contributed by atoms with van der Waals surface area (Å²) in [6.45, 7) is -0.714. The number of rotatable bonds is 11. The number of esters is 2. The predicted octanol–water partition coefficient (Wildman–Crippen LogP) is -0.917. The van der Waals surface area contributed by atoms with Gasteiger partial charge in [0.15, 0.2) is 17.8 Å². The van der Waals surface area contributed by atoms with E-state index in [9.17, 15) is 45.0 Å². The number of aliphatic hydroxyl groups is 4. The summed E-state index contributed by atoms with van der Waals surface area (Å²) < 4.78 is 21.5. The first-order chi connectivity index (χ1) is 18.6. The van der Waals surface area contributed by atoms with Gasteiger partial charge in [-0.3, -0.25) is 4.79 Å². The van der Waals surface area contributed by atoms with Crippen molar-refractivity contribution < 1.29 is 64.0 Å². The number of carbonyl (C=O) groups excluding carboxylic acids is 3. The summed E-state index contributed by atoms with van der Waals surface area (Å²) in [6, 6.07) is 4.20. The second-order valence-electron chi connectivity index (χ2n) is 9.43. The van der Waals surface area contributed by atoms with Crippen molar-refractivity contribution in [1.82, 2.24) is 0 Å². The van der Waals surface area contributed by atoms with E-state index in [4.69, 9.17) is 18.9 Å². The number of carbonyl (C=O) groups is 3. The molecule has 0 saturated carbocycles. The van der Waals surface area contributed by atoms with Gasteiger partial charge in [-0.05, 0) is 30.0 Å². The van der Waals surface area contributed by atoms with E-state index in [1.165, 1.54) is 25.3 Å². The molecule has 1 saturated heterocycles. The summed E-state index contributed by atoms with van der Waals surface area (Å²) in [5.74, 6) is -3.59. The highest BCUT2D eigenvalue weighted by molar-refractivity contribution is 5.90. The third-order valence-corrected chi connectivity index (χ3v) is 6.99. The van der Waals surface area contributed by atoms with Crippen LogP contribution in [0.2, 0.25) is 0 Å². The van der Waals surface area contributed by atoms with E-state index in [1.54, 1.807) is 6.07 Å². The zero-order chi connectivity index (χ0) is 28.7. The van der Waals surface area contributed by atoms with Crippen molar-refractivity contribution in [3.8, 4) is 11.5 Å². The van der Waals surface area contributed by atoms with Crippen LogP contribution in [0.1, 0.15) is 24.8 Å². The van der Waals surface area contributed by atoms with Gasteiger partial charge in [0.25, 0.3) is 0 Å². The number of aldehydes is 1. The maximum absolute atomic E-state index is 12.8. The minimum Gasteiger partial charge on any atom is -0.504 e. The molecule has 0 radical (unpaired) electrons. The summed E-state index contributed by atoms with van der Waals surface area (Å²) in [4.78, 5) is 36.9. The average molecular weight is 555 g/mol. The number of benzene rings is 1. The first-order valence-corrected chi connectivity index (χ1v) is 12.5.